The molecule has 2 amide bonds. The number of piperidine rings is 1. The van der Waals surface area contributed by atoms with Gasteiger partial charge in [0, 0.05) is 13.1 Å². The largest absolute Gasteiger partial charge is 0.338 e. The van der Waals surface area contributed by atoms with E-state index in [-0.39, 0.29) is 6.03 Å². The van der Waals surface area contributed by atoms with Crippen molar-refractivity contribution in [2.75, 3.05) is 26.2 Å². The molecular formula is C20H30N6O. The molecule has 0 aliphatic carbocycles. The van der Waals surface area contributed by atoms with Gasteiger partial charge in [-0.1, -0.05) is 31.2 Å². The van der Waals surface area contributed by atoms with Gasteiger partial charge < -0.3 is 15.5 Å². The monoisotopic (exact) mass is 370 g/mol. The van der Waals surface area contributed by atoms with Crippen molar-refractivity contribution >= 4 is 6.03 Å². The maximum absolute atomic E-state index is 11.9. The third-order valence-electron chi connectivity index (χ3n) is 5.10. The molecule has 146 valence electrons. The highest BCUT2D eigenvalue weighted by Gasteiger charge is 2.14. The van der Waals surface area contributed by atoms with Gasteiger partial charge >= 0.3 is 6.03 Å². The third kappa shape index (κ3) is 6.67. The first kappa shape index (κ1) is 19.4. The third-order valence-corrected chi connectivity index (χ3v) is 5.10. The quantitative estimate of drug-likeness (QED) is 0.699. The van der Waals surface area contributed by atoms with Crippen molar-refractivity contribution in [2.45, 2.75) is 39.3 Å². The molecule has 7 heteroatoms. The molecule has 1 aromatic heterocycles. The number of hydrogen-bond acceptors (Lipinski definition) is 4. The van der Waals surface area contributed by atoms with E-state index in [0.717, 1.165) is 30.0 Å². The summed E-state index contributed by atoms with van der Waals surface area (Å²) < 4.78 is 1.78. The average molecular weight is 371 g/mol. The van der Waals surface area contributed by atoms with E-state index < -0.39 is 0 Å². The van der Waals surface area contributed by atoms with Crippen LogP contribution in [0.4, 0.5) is 4.79 Å². The summed E-state index contributed by atoms with van der Waals surface area (Å²) in [5.41, 5.74) is 2.23. The second kappa shape index (κ2) is 10.1. The normalized spacial score (nSPS) is 15.6. The minimum Gasteiger partial charge on any atom is -0.338 e. The van der Waals surface area contributed by atoms with Gasteiger partial charge in [0.15, 0.2) is 0 Å². The van der Waals surface area contributed by atoms with Gasteiger partial charge in [-0.05, 0) is 55.9 Å². The molecule has 0 saturated carbocycles. The van der Waals surface area contributed by atoms with Crippen molar-refractivity contribution in [3.05, 3.63) is 48.0 Å². The zero-order chi connectivity index (χ0) is 18.9. The summed E-state index contributed by atoms with van der Waals surface area (Å²) in [4.78, 5) is 18.4. The molecule has 0 spiro atoms. The number of likely N-dealkylation sites (tertiary alicyclic amines) is 1. The Hall–Kier alpha value is -2.41. The van der Waals surface area contributed by atoms with Crippen molar-refractivity contribution in [3.63, 3.8) is 0 Å². The maximum Gasteiger partial charge on any atom is 0.315 e. The fraction of sp³-hybridized carbons (Fsp3) is 0.550. The summed E-state index contributed by atoms with van der Waals surface area (Å²) in [7, 11) is 0. The van der Waals surface area contributed by atoms with Crippen molar-refractivity contribution in [1.29, 1.82) is 0 Å². The van der Waals surface area contributed by atoms with E-state index in [4.69, 9.17) is 0 Å². The van der Waals surface area contributed by atoms with E-state index in [2.05, 4.69) is 44.7 Å². The summed E-state index contributed by atoms with van der Waals surface area (Å²) >= 11 is 0. The number of rotatable bonds is 8. The summed E-state index contributed by atoms with van der Waals surface area (Å²) in [5, 5.41) is 9.96. The number of benzene rings is 1. The Balaban J connectivity index is 1.28. The Kier molecular flexibility index (Phi) is 7.21. The second-order valence-corrected chi connectivity index (χ2v) is 7.40. The van der Waals surface area contributed by atoms with E-state index in [1.165, 1.54) is 32.3 Å². The van der Waals surface area contributed by atoms with Crippen LogP contribution >= 0.6 is 0 Å². The Morgan fingerprint density at radius 2 is 1.89 bits per heavy atom. The summed E-state index contributed by atoms with van der Waals surface area (Å²) in [5.74, 6) is 0.863. The lowest BCUT2D eigenvalue weighted by Gasteiger charge is -2.30. The van der Waals surface area contributed by atoms with Crippen LogP contribution in [0.5, 0.6) is 0 Å². The molecule has 0 unspecified atom stereocenters. The Morgan fingerprint density at radius 3 is 2.59 bits per heavy atom. The lowest BCUT2D eigenvalue weighted by atomic mass is 9.99. The fourth-order valence-corrected chi connectivity index (χ4v) is 3.30. The lowest BCUT2D eigenvalue weighted by Crippen LogP contribution is -2.38. The van der Waals surface area contributed by atoms with Crippen LogP contribution in [0.2, 0.25) is 0 Å². The Bertz CT molecular complexity index is 677. The van der Waals surface area contributed by atoms with Gasteiger partial charge in [-0.2, -0.15) is 5.10 Å². The molecule has 2 heterocycles. The first-order valence-corrected chi connectivity index (χ1v) is 9.83. The number of carbonyl (C=O) groups excluding carboxylic acids is 1. The van der Waals surface area contributed by atoms with Crippen LogP contribution in [0.25, 0.3) is 0 Å². The molecule has 2 aromatic rings. The molecule has 2 N–H and O–H groups in total. The van der Waals surface area contributed by atoms with Gasteiger partial charge in [0.2, 0.25) is 0 Å². The second-order valence-electron chi connectivity index (χ2n) is 7.40. The number of nitrogens with zero attached hydrogens (tertiary/aromatic N) is 4. The molecule has 0 bridgehead atoms. The van der Waals surface area contributed by atoms with E-state index >= 15 is 0 Å². The zero-order valence-electron chi connectivity index (χ0n) is 16.1. The lowest BCUT2D eigenvalue weighted by molar-refractivity contribution is 0.190. The highest BCUT2D eigenvalue weighted by atomic mass is 16.2. The Morgan fingerprint density at radius 1 is 1.15 bits per heavy atom. The van der Waals surface area contributed by atoms with Gasteiger partial charge in [0.1, 0.15) is 12.7 Å². The molecule has 0 atom stereocenters. The van der Waals surface area contributed by atoms with Crippen LogP contribution in [0, 0.1) is 5.92 Å². The maximum atomic E-state index is 11.9. The van der Waals surface area contributed by atoms with Crippen molar-refractivity contribution in [3.8, 4) is 0 Å². The van der Waals surface area contributed by atoms with Gasteiger partial charge in [-0.3, -0.25) is 0 Å². The van der Waals surface area contributed by atoms with Crippen LogP contribution in [-0.2, 0) is 13.1 Å². The van der Waals surface area contributed by atoms with Crippen molar-refractivity contribution in [1.82, 2.24) is 30.3 Å². The van der Waals surface area contributed by atoms with Crippen LogP contribution < -0.4 is 10.6 Å². The number of hydrogen-bond donors (Lipinski definition) is 2. The molecule has 3 rings (SSSR count). The summed E-state index contributed by atoms with van der Waals surface area (Å²) in [6, 6.07) is 8.06. The van der Waals surface area contributed by atoms with E-state index in [1.54, 1.807) is 11.0 Å². The number of amides is 2. The molecule has 1 saturated heterocycles. The van der Waals surface area contributed by atoms with Gasteiger partial charge in [0.05, 0.1) is 6.54 Å². The highest BCUT2D eigenvalue weighted by molar-refractivity contribution is 5.73. The minimum atomic E-state index is -0.103. The minimum absolute atomic E-state index is 0.103. The smallest absolute Gasteiger partial charge is 0.315 e. The predicted octanol–water partition coefficient (Wildman–Crippen LogP) is 2.25. The molecular weight excluding hydrogens is 340 g/mol. The predicted molar refractivity (Wildman–Crippen MR) is 105 cm³/mol. The summed E-state index contributed by atoms with van der Waals surface area (Å²) in [6.07, 6.45) is 6.82. The molecule has 0 radical (unpaired) electrons. The molecule has 27 heavy (non-hydrogen) atoms. The van der Waals surface area contributed by atoms with Crippen LogP contribution in [0.3, 0.4) is 0 Å². The zero-order valence-corrected chi connectivity index (χ0v) is 16.1. The van der Waals surface area contributed by atoms with Crippen molar-refractivity contribution < 1.29 is 4.79 Å². The first-order valence-electron chi connectivity index (χ1n) is 9.83. The molecule has 1 fully saturated rings. The first-order chi connectivity index (χ1) is 13.2. The van der Waals surface area contributed by atoms with Crippen LogP contribution in [0.1, 0.15) is 37.3 Å². The summed E-state index contributed by atoms with van der Waals surface area (Å²) in [6.45, 7) is 7.73. The van der Waals surface area contributed by atoms with E-state index in [9.17, 15) is 4.79 Å². The standard InChI is InChI=1S/C20H30N6O/c1-17-7-11-25(12-8-17)10-2-9-22-20(27)23-13-18-3-5-19(6-4-18)14-26-16-21-15-24-26/h3-6,15-17H,2,7-14H2,1H3,(H2,22,23,27). The van der Waals surface area contributed by atoms with Crippen LogP contribution in [-0.4, -0.2) is 51.9 Å². The molecule has 7 nitrogen and oxygen atoms in total. The van der Waals surface area contributed by atoms with Crippen molar-refractivity contribution in [2.24, 2.45) is 5.92 Å². The van der Waals surface area contributed by atoms with E-state index in [1.807, 2.05) is 12.1 Å². The molecule has 1 aliphatic heterocycles. The highest BCUT2D eigenvalue weighted by Crippen LogP contribution is 2.15. The number of urea groups is 1. The van der Waals surface area contributed by atoms with Gasteiger partial charge in [0.25, 0.3) is 0 Å². The van der Waals surface area contributed by atoms with E-state index in [0.29, 0.717) is 19.6 Å². The number of aromatic nitrogens is 3. The number of carbonyl (C=O) groups is 1. The van der Waals surface area contributed by atoms with Crippen LogP contribution in [0.15, 0.2) is 36.9 Å². The SMILES string of the molecule is CC1CCN(CCCNC(=O)NCc2ccc(Cn3cncn3)cc2)CC1. The topological polar surface area (TPSA) is 75.1 Å². The fourth-order valence-electron chi connectivity index (χ4n) is 3.30. The number of nitrogens with one attached hydrogen (secondary N) is 2. The molecule has 1 aliphatic rings. The van der Waals surface area contributed by atoms with Gasteiger partial charge in [-0.15, -0.1) is 0 Å². The average Bonchev–Trinajstić information content (AvgIpc) is 3.19. The Labute approximate surface area is 161 Å². The molecule has 1 aromatic carbocycles. The van der Waals surface area contributed by atoms with Gasteiger partial charge in [-0.25, -0.2) is 14.5 Å².